The van der Waals surface area contributed by atoms with Crippen LogP contribution in [0, 0.1) is 17.7 Å². The van der Waals surface area contributed by atoms with Crippen LogP contribution in [0.15, 0.2) is 54.6 Å². The van der Waals surface area contributed by atoms with Gasteiger partial charge in [-0.25, -0.2) is 9.18 Å². The molecule has 0 aliphatic heterocycles. The lowest BCUT2D eigenvalue weighted by molar-refractivity contribution is 0.569. The van der Waals surface area contributed by atoms with Crippen molar-refractivity contribution in [1.82, 2.24) is 0 Å². The van der Waals surface area contributed by atoms with E-state index in [0.717, 1.165) is 5.56 Å². The van der Waals surface area contributed by atoms with Gasteiger partial charge in [0.25, 0.3) is 0 Å². The highest BCUT2D eigenvalue weighted by Crippen LogP contribution is 2.11. The number of hydrogen-bond donors (Lipinski definition) is 0. The summed E-state index contributed by atoms with van der Waals surface area (Å²) in [6.07, 6.45) is 0. The van der Waals surface area contributed by atoms with Gasteiger partial charge in [-0.2, -0.15) is 0 Å². The van der Waals surface area contributed by atoms with E-state index >= 15 is 0 Å². The van der Waals surface area contributed by atoms with Crippen molar-refractivity contribution in [2.45, 2.75) is 0 Å². The second kappa shape index (κ2) is 5.63. The fraction of sp³-hybridized carbons (Fsp3) is 0. The van der Waals surface area contributed by atoms with Crippen molar-refractivity contribution in [3.05, 3.63) is 71.5 Å². The smallest absolute Gasteiger partial charge is 0.142 e. The molecule has 0 atom stereocenters. The Morgan fingerprint density at radius 2 is 1.61 bits per heavy atom. The molecule has 0 saturated carbocycles. The molecule has 0 bridgehead atoms. The van der Waals surface area contributed by atoms with E-state index in [1.807, 2.05) is 30.3 Å². The van der Waals surface area contributed by atoms with Gasteiger partial charge in [0.05, 0.1) is 0 Å². The molecule has 2 rings (SSSR count). The summed E-state index contributed by atoms with van der Waals surface area (Å²) in [6.45, 7) is 0. The Kier molecular flexibility index (Phi) is 3.71. The molecule has 0 aliphatic carbocycles. The van der Waals surface area contributed by atoms with Crippen molar-refractivity contribution >= 4 is 11.5 Å². The number of benzene rings is 2. The van der Waals surface area contributed by atoms with Crippen molar-refractivity contribution < 1.29 is 9.18 Å². The molecular weight excluding hydrogens is 227 g/mol. The lowest BCUT2D eigenvalue weighted by atomic mass is 10.1. The molecule has 0 aliphatic rings. The van der Waals surface area contributed by atoms with E-state index in [4.69, 9.17) is 0 Å². The van der Waals surface area contributed by atoms with Crippen LogP contribution in [0.25, 0.3) is 5.57 Å². The van der Waals surface area contributed by atoms with Gasteiger partial charge in [0.15, 0.2) is 0 Å². The summed E-state index contributed by atoms with van der Waals surface area (Å²) in [5, 5.41) is 0. The quantitative estimate of drug-likeness (QED) is 0.549. The zero-order valence-corrected chi connectivity index (χ0v) is 9.48. The maximum absolute atomic E-state index is 12.8. The molecular formula is C16H9FO. The molecule has 86 valence electrons. The first-order valence-electron chi connectivity index (χ1n) is 5.38. The van der Waals surface area contributed by atoms with Crippen LogP contribution in [0.5, 0.6) is 0 Å². The van der Waals surface area contributed by atoms with Crippen LogP contribution >= 0.6 is 0 Å². The molecule has 0 N–H and O–H groups in total. The zero-order chi connectivity index (χ0) is 12.8. The molecule has 0 heterocycles. The lowest BCUT2D eigenvalue weighted by Gasteiger charge is -1.95. The Balaban J connectivity index is 2.30. The van der Waals surface area contributed by atoms with Crippen molar-refractivity contribution in [3.8, 4) is 11.8 Å². The molecule has 2 aromatic carbocycles. The summed E-state index contributed by atoms with van der Waals surface area (Å²) in [5.41, 5.74) is 1.60. The first-order chi connectivity index (χ1) is 8.79. The fourth-order valence-corrected chi connectivity index (χ4v) is 1.43. The number of halogens is 1. The van der Waals surface area contributed by atoms with Crippen LogP contribution in [0.3, 0.4) is 0 Å². The van der Waals surface area contributed by atoms with Crippen molar-refractivity contribution in [3.63, 3.8) is 0 Å². The highest BCUT2D eigenvalue weighted by atomic mass is 19.1. The standard InChI is InChI=1S/C16H9FO/c17-16-10-8-14(9-11-16)15(12-18)7-6-13-4-2-1-3-5-13/h1-5,8-11H. The van der Waals surface area contributed by atoms with Crippen LogP contribution < -0.4 is 0 Å². The molecule has 0 amide bonds. The Labute approximate surface area is 105 Å². The van der Waals surface area contributed by atoms with Gasteiger partial charge >= 0.3 is 0 Å². The second-order valence-electron chi connectivity index (χ2n) is 3.60. The first-order valence-corrected chi connectivity index (χ1v) is 5.38. The highest BCUT2D eigenvalue weighted by molar-refractivity contribution is 5.96. The molecule has 0 saturated heterocycles. The van der Waals surface area contributed by atoms with Crippen molar-refractivity contribution in [2.75, 3.05) is 0 Å². The average molecular weight is 236 g/mol. The molecule has 2 aromatic rings. The maximum atomic E-state index is 12.8. The van der Waals surface area contributed by atoms with E-state index in [-0.39, 0.29) is 11.4 Å². The minimum atomic E-state index is -0.347. The zero-order valence-electron chi connectivity index (χ0n) is 9.48. The number of carbonyl (C=O) groups excluding carboxylic acids is 1. The minimum Gasteiger partial charge on any atom is -0.232 e. The van der Waals surface area contributed by atoms with E-state index < -0.39 is 0 Å². The summed E-state index contributed by atoms with van der Waals surface area (Å²) >= 11 is 0. The van der Waals surface area contributed by atoms with Gasteiger partial charge in [0.2, 0.25) is 0 Å². The molecule has 0 fully saturated rings. The van der Waals surface area contributed by atoms with Crippen molar-refractivity contribution in [2.24, 2.45) is 0 Å². The van der Waals surface area contributed by atoms with Gasteiger partial charge in [-0.05, 0) is 30.2 Å². The predicted octanol–water partition coefficient (Wildman–Crippen LogP) is 3.09. The van der Waals surface area contributed by atoms with Gasteiger partial charge < -0.3 is 0 Å². The third-order valence-electron chi connectivity index (χ3n) is 2.34. The van der Waals surface area contributed by atoms with E-state index in [9.17, 15) is 9.18 Å². The Hall–Kier alpha value is -2.62. The van der Waals surface area contributed by atoms with E-state index in [1.165, 1.54) is 24.3 Å². The maximum Gasteiger partial charge on any atom is 0.142 e. The monoisotopic (exact) mass is 236 g/mol. The molecule has 0 aromatic heterocycles. The Bertz CT molecular complexity index is 639. The second-order valence-corrected chi connectivity index (χ2v) is 3.60. The summed E-state index contributed by atoms with van der Waals surface area (Å²) in [4.78, 5) is 10.9. The highest BCUT2D eigenvalue weighted by Gasteiger charge is 1.99. The third-order valence-corrected chi connectivity index (χ3v) is 2.34. The number of rotatable bonds is 1. The molecule has 1 nitrogen and oxygen atoms in total. The molecule has 0 unspecified atom stereocenters. The number of hydrogen-bond acceptors (Lipinski definition) is 1. The van der Waals surface area contributed by atoms with Gasteiger partial charge in [-0.15, -0.1) is 0 Å². The van der Waals surface area contributed by atoms with Crippen LogP contribution in [-0.4, -0.2) is 5.94 Å². The normalized spacial score (nSPS) is 8.94. The Morgan fingerprint density at radius 3 is 2.22 bits per heavy atom. The largest absolute Gasteiger partial charge is 0.232 e. The van der Waals surface area contributed by atoms with Gasteiger partial charge in [-0.3, -0.25) is 0 Å². The molecule has 0 spiro atoms. The topological polar surface area (TPSA) is 17.1 Å². The van der Waals surface area contributed by atoms with Gasteiger partial charge in [0.1, 0.15) is 17.3 Å². The van der Waals surface area contributed by atoms with Gasteiger partial charge in [-0.1, -0.05) is 36.3 Å². The van der Waals surface area contributed by atoms with Crippen molar-refractivity contribution in [1.29, 1.82) is 0 Å². The minimum absolute atomic E-state index is 0.221. The summed E-state index contributed by atoms with van der Waals surface area (Å²) in [6, 6.07) is 14.9. The average Bonchev–Trinajstić information content (AvgIpc) is 2.42. The first kappa shape index (κ1) is 11.9. The summed E-state index contributed by atoms with van der Waals surface area (Å²) < 4.78 is 12.8. The number of allylic oxidation sites excluding steroid dienone is 1. The van der Waals surface area contributed by atoms with E-state index in [2.05, 4.69) is 11.8 Å². The lowest BCUT2D eigenvalue weighted by Crippen LogP contribution is -1.83. The summed E-state index contributed by atoms with van der Waals surface area (Å²) in [7, 11) is 0. The predicted molar refractivity (Wildman–Crippen MR) is 68.8 cm³/mol. The van der Waals surface area contributed by atoms with E-state index in [1.54, 1.807) is 5.94 Å². The van der Waals surface area contributed by atoms with Crippen LogP contribution in [0.4, 0.5) is 4.39 Å². The SMILES string of the molecule is O=C=C(C#Cc1ccccc1)c1ccc(F)cc1. The molecule has 18 heavy (non-hydrogen) atoms. The fourth-order valence-electron chi connectivity index (χ4n) is 1.43. The van der Waals surface area contributed by atoms with Crippen LogP contribution in [0.2, 0.25) is 0 Å². The van der Waals surface area contributed by atoms with Crippen LogP contribution in [0.1, 0.15) is 11.1 Å². The molecule has 0 radical (unpaired) electrons. The molecule has 2 heteroatoms. The van der Waals surface area contributed by atoms with E-state index in [0.29, 0.717) is 5.56 Å². The van der Waals surface area contributed by atoms with Crippen LogP contribution in [-0.2, 0) is 4.79 Å². The third kappa shape index (κ3) is 2.95. The Morgan fingerprint density at radius 1 is 0.944 bits per heavy atom. The summed E-state index contributed by atoms with van der Waals surface area (Å²) in [5.74, 6) is 7.04. The van der Waals surface area contributed by atoms with Gasteiger partial charge in [0, 0.05) is 11.1 Å².